The molecule has 6 heteroatoms. The first-order valence-electron chi connectivity index (χ1n) is 9.22. The lowest BCUT2D eigenvalue weighted by atomic mass is 10.1. The molecule has 1 unspecified atom stereocenters. The standard InChI is InChI=1S/C19H27N3O3/c23-17(15-6-2-1-3-7-15)14-25-18-8-4-5-13-22(18)19(24)21-16-9-11-20-12-10-16/h1-3,6-7,16,18,20H,4-5,8-14H2,(H,21,24). The second-order valence-electron chi connectivity index (χ2n) is 6.72. The maximum atomic E-state index is 12.6. The van der Waals surface area contributed by atoms with Crippen LogP contribution in [0.2, 0.25) is 0 Å². The van der Waals surface area contributed by atoms with Gasteiger partial charge in [-0.05, 0) is 45.2 Å². The van der Waals surface area contributed by atoms with Crippen LogP contribution < -0.4 is 10.6 Å². The summed E-state index contributed by atoms with van der Waals surface area (Å²) in [6.07, 6.45) is 4.37. The van der Waals surface area contributed by atoms with E-state index < -0.39 is 0 Å². The van der Waals surface area contributed by atoms with Gasteiger partial charge in [-0.3, -0.25) is 9.69 Å². The van der Waals surface area contributed by atoms with Crippen molar-refractivity contribution in [1.29, 1.82) is 0 Å². The van der Waals surface area contributed by atoms with Gasteiger partial charge in [0.15, 0.2) is 5.78 Å². The van der Waals surface area contributed by atoms with Crippen LogP contribution in [0.15, 0.2) is 30.3 Å². The maximum absolute atomic E-state index is 12.6. The highest BCUT2D eigenvalue weighted by Gasteiger charge is 2.29. The predicted octanol–water partition coefficient (Wildman–Crippen LogP) is 2.16. The van der Waals surface area contributed by atoms with Crippen molar-refractivity contribution in [3.05, 3.63) is 35.9 Å². The minimum atomic E-state index is -0.317. The Hall–Kier alpha value is -1.92. The summed E-state index contributed by atoms with van der Waals surface area (Å²) in [6.45, 7) is 2.57. The molecular weight excluding hydrogens is 318 g/mol. The van der Waals surface area contributed by atoms with E-state index in [0.29, 0.717) is 12.1 Å². The molecule has 2 aliphatic heterocycles. The number of benzene rings is 1. The number of rotatable bonds is 5. The molecule has 1 atom stereocenters. The molecule has 2 N–H and O–H groups in total. The number of nitrogens with one attached hydrogen (secondary N) is 2. The molecule has 0 aliphatic carbocycles. The topological polar surface area (TPSA) is 70.7 Å². The van der Waals surface area contributed by atoms with Gasteiger partial charge in [-0.25, -0.2) is 4.79 Å². The number of ketones is 1. The molecule has 2 fully saturated rings. The number of nitrogens with zero attached hydrogens (tertiary/aromatic N) is 1. The molecule has 1 aromatic carbocycles. The number of carbonyl (C=O) groups is 2. The summed E-state index contributed by atoms with van der Waals surface area (Å²) in [7, 11) is 0. The number of amides is 2. The lowest BCUT2D eigenvalue weighted by Gasteiger charge is -2.36. The normalized spacial score (nSPS) is 21.8. The lowest BCUT2D eigenvalue weighted by Crippen LogP contribution is -2.53. The maximum Gasteiger partial charge on any atom is 0.319 e. The van der Waals surface area contributed by atoms with E-state index in [1.54, 1.807) is 17.0 Å². The molecule has 6 nitrogen and oxygen atoms in total. The van der Waals surface area contributed by atoms with Crippen LogP contribution >= 0.6 is 0 Å². The monoisotopic (exact) mass is 345 g/mol. The second-order valence-corrected chi connectivity index (χ2v) is 6.72. The van der Waals surface area contributed by atoms with Crippen molar-refractivity contribution in [2.45, 2.75) is 44.4 Å². The summed E-state index contributed by atoms with van der Waals surface area (Å²) in [5.41, 5.74) is 0.643. The van der Waals surface area contributed by atoms with Gasteiger partial charge in [-0.15, -0.1) is 0 Å². The summed E-state index contributed by atoms with van der Waals surface area (Å²) in [6, 6.07) is 9.29. The number of ether oxygens (including phenoxy) is 1. The zero-order valence-electron chi connectivity index (χ0n) is 14.6. The molecule has 0 bridgehead atoms. The van der Waals surface area contributed by atoms with E-state index in [-0.39, 0.29) is 30.7 Å². The van der Waals surface area contributed by atoms with Gasteiger partial charge >= 0.3 is 6.03 Å². The summed E-state index contributed by atoms with van der Waals surface area (Å²) in [5.74, 6) is -0.0510. The van der Waals surface area contributed by atoms with Crippen LogP contribution in [0, 0.1) is 0 Å². The quantitative estimate of drug-likeness (QED) is 0.803. The van der Waals surface area contributed by atoms with Crippen molar-refractivity contribution in [1.82, 2.24) is 15.5 Å². The highest BCUT2D eigenvalue weighted by molar-refractivity contribution is 5.97. The second kappa shape index (κ2) is 8.97. The van der Waals surface area contributed by atoms with E-state index in [4.69, 9.17) is 4.74 Å². The Morgan fingerprint density at radius 2 is 1.88 bits per heavy atom. The Labute approximate surface area is 148 Å². The Kier molecular flexibility index (Phi) is 6.42. The Bertz CT molecular complexity index is 573. The fraction of sp³-hybridized carbons (Fsp3) is 0.579. The Morgan fingerprint density at radius 1 is 1.12 bits per heavy atom. The predicted molar refractivity (Wildman–Crippen MR) is 95.5 cm³/mol. The third kappa shape index (κ3) is 5.03. The molecule has 1 aromatic rings. The minimum absolute atomic E-state index is 0.00576. The van der Waals surface area contributed by atoms with Gasteiger partial charge in [0.1, 0.15) is 12.8 Å². The molecular formula is C19H27N3O3. The van der Waals surface area contributed by atoms with Crippen LogP contribution in [0.4, 0.5) is 4.79 Å². The molecule has 0 radical (unpaired) electrons. The number of hydrogen-bond acceptors (Lipinski definition) is 4. The van der Waals surface area contributed by atoms with Crippen molar-refractivity contribution in [3.63, 3.8) is 0 Å². The molecule has 2 amide bonds. The van der Waals surface area contributed by atoms with Crippen molar-refractivity contribution in [2.75, 3.05) is 26.2 Å². The number of Topliss-reactive ketones (excluding diaryl/α,β-unsaturated/α-hetero) is 1. The highest BCUT2D eigenvalue weighted by Crippen LogP contribution is 2.19. The van der Waals surface area contributed by atoms with E-state index in [1.807, 2.05) is 18.2 Å². The van der Waals surface area contributed by atoms with Crippen LogP contribution in [0.3, 0.4) is 0 Å². The Morgan fingerprint density at radius 3 is 2.64 bits per heavy atom. The zero-order valence-corrected chi connectivity index (χ0v) is 14.6. The molecule has 3 rings (SSSR count). The van der Waals surface area contributed by atoms with Crippen LogP contribution in [-0.2, 0) is 4.74 Å². The van der Waals surface area contributed by atoms with Gasteiger partial charge in [-0.2, -0.15) is 0 Å². The lowest BCUT2D eigenvalue weighted by molar-refractivity contribution is -0.0497. The molecule has 0 spiro atoms. The number of likely N-dealkylation sites (tertiary alicyclic amines) is 1. The van der Waals surface area contributed by atoms with Crippen molar-refractivity contribution in [3.8, 4) is 0 Å². The fourth-order valence-corrected chi connectivity index (χ4v) is 3.41. The van der Waals surface area contributed by atoms with Crippen LogP contribution in [0.1, 0.15) is 42.5 Å². The average Bonchev–Trinajstić information content (AvgIpc) is 2.68. The molecule has 0 saturated carbocycles. The van der Waals surface area contributed by atoms with E-state index >= 15 is 0 Å². The SMILES string of the molecule is O=C(COC1CCCCN1C(=O)NC1CCNCC1)c1ccccc1. The van der Waals surface area contributed by atoms with E-state index in [9.17, 15) is 9.59 Å². The molecule has 2 aliphatic rings. The first kappa shape index (κ1) is 17.9. The van der Waals surface area contributed by atoms with Gasteiger partial charge in [0, 0.05) is 18.2 Å². The van der Waals surface area contributed by atoms with Crippen molar-refractivity contribution >= 4 is 11.8 Å². The summed E-state index contributed by atoms with van der Waals surface area (Å²) in [4.78, 5) is 26.6. The first-order chi connectivity index (χ1) is 12.2. The van der Waals surface area contributed by atoms with E-state index in [0.717, 1.165) is 45.2 Å². The highest BCUT2D eigenvalue weighted by atomic mass is 16.5. The van der Waals surface area contributed by atoms with Crippen LogP contribution in [0.25, 0.3) is 0 Å². The van der Waals surface area contributed by atoms with Crippen LogP contribution in [0.5, 0.6) is 0 Å². The van der Waals surface area contributed by atoms with Crippen molar-refractivity contribution < 1.29 is 14.3 Å². The minimum Gasteiger partial charge on any atom is -0.350 e. The average molecular weight is 345 g/mol. The van der Waals surface area contributed by atoms with Gasteiger partial charge < -0.3 is 15.4 Å². The molecule has 2 saturated heterocycles. The summed E-state index contributed by atoms with van der Waals surface area (Å²) < 4.78 is 5.83. The summed E-state index contributed by atoms with van der Waals surface area (Å²) in [5, 5.41) is 6.42. The number of hydrogen-bond donors (Lipinski definition) is 2. The van der Waals surface area contributed by atoms with Gasteiger partial charge in [0.25, 0.3) is 0 Å². The van der Waals surface area contributed by atoms with Crippen molar-refractivity contribution in [2.24, 2.45) is 0 Å². The molecule has 2 heterocycles. The third-order valence-electron chi connectivity index (χ3n) is 4.88. The fourth-order valence-electron chi connectivity index (χ4n) is 3.41. The molecule has 0 aromatic heterocycles. The summed E-state index contributed by atoms with van der Waals surface area (Å²) >= 11 is 0. The largest absolute Gasteiger partial charge is 0.350 e. The zero-order chi connectivity index (χ0) is 17.5. The Balaban J connectivity index is 1.53. The number of urea groups is 1. The van der Waals surface area contributed by atoms with Gasteiger partial charge in [0.2, 0.25) is 0 Å². The number of piperidine rings is 2. The molecule has 25 heavy (non-hydrogen) atoms. The third-order valence-corrected chi connectivity index (χ3v) is 4.88. The smallest absolute Gasteiger partial charge is 0.319 e. The molecule has 136 valence electrons. The van der Waals surface area contributed by atoms with E-state index in [1.165, 1.54) is 0 Å². The van der Waals surface area contributed by atoms with Gasteiger partial charge in [0.05, 0.1) is 0 Å². The number of carbonyl (C=O) groups excluding carboxylic acids is 2. The first-order valence-corrected chi connectivity index (χ1v) is 9.22. The van der Waals surface area contributed by atoms with Gasteiger partial charge in [-0.1, -0.05) is 30.3 Å². The van der Waals surface area contributed by atoms with E-state index in [2.05, 4.69) is 10.6 Å². The van der Waals surface area contributed by atoms with Crippen LogP contribution in [-0.4, -0.2) is 55.2 Å².